The third kappa shape index (κ3) is 8.43. The van der Waals surface area contributed by atoms with E-state index in [1.54, 1.807) is 19.2 Å². The van der Waals surface area contributed by atoms with Gasteiger partial charge in [0.1, 0.15) is 5.82 Å². The van der Waals surface area contributed by atoms with Crippen LogP contribution in [0.25, 0.3) is 0 Å². The van der Waals surface area contributed by atoms with Crippen molar-refractivity contribution in [2.24, 2.45) is 16.6 Å². The first-order valence-corrected chi connectivity index (χ1v) is 9.08. The third-order valence-corrected chi connectivity index (χ3v) is 4.37. The number of nitrogens with one attached hydrogen (secondary N) is 2. The van der Waals surface area contributed by atoms with Gasteiger partial charge in [-0.1, -0.05) is 35.9 Å². The highest BCUT2D eigenvalue weighted by Crippen LogP contribution is 2.11. The summed E-state index contributed by atoms with van der Waals surface area (Å²) in [5.74, 6) is -0.567. The number of benzene rings is 2. The maximum absolute atomic E-state index is 13.0. The summed E-state index contributed by atoms with van der Waals surface area (Å²) in [4.78, 5) is 15.9. The smallest absolute Gasteiger partial charge is 0.222 e. The first-order valence-electron chi connectivity index (χ1n) is 8.70. The number of primary amides is 1. The second kappa shape index (κ2) is 12.6. The average Bonchev–Trinajstić information content (AvgIpc) is 2.64. The molecule has 2 aromatic rings. The molecular formula is C20H25ClFIN4O. The van der Waals surface area contributed by atoms with E-state index in [1.165, 1.54) is 12.1 Å². The molecule has 152 valence electrons. The number of hydrogen-bond donors (Lipinski definition) is 3. The molecule has 0 aliphatic rings. The molecular weight excluding hydrogens is 494 g/mol. The van der Waals surface area contributed by atoms with Crippen molar-refractivity contribution in [3.05, 3.63) is 70.5 Å². The number of amides is 1. The van der Waals surface area contributed by atoms with E-state index in [0.717, 1.165) is 17.5 Å². The minimum absolute atomic E-state index is 0. The van der Waals surface area contributed by atoms with Gasteiger partial charge < -0.3 is 16.4 Å². The summed E-state index contributed by atoms with van der Waals surface area (Å²) >= 11 is 5.98. The number of carbonyl (C=O) groups is 1. The Kier molecular flexibility index (Phi) is 10.8. The molecule has 2 aromatic carbocycles. The Labute approximate surface area is 187 Å². The van der Waals surface area contributed by atoms with Crippen molar-refractivity contribution in [3.63, 3.8) is 0 Å². The van der Waals surface area contributed by atoms with Crippen LogP contribution in [0, 0.1) is 11.7 Å². The van der Waals surface area contributed by atoms with E-state index in [1.807, 2.05) is 24.3 Å². The molecule has 0 bridgehead atoms. The lowest BCUT2D eigenvalue weighted by molar-refractivity contribution is -0.121. The standard InChI is InChI=1S/C20H24ClFN4O.HI/c1-24-20(25-10-9-14-3-2-4-17(21)12-14)26-13-16(19(23)27)11-15-5-7-18(22)8-6-15;/h2-8,12,16H,9-11,13H2,1H3,(H2,23,27)(H2,24,25,26);1H. The molecule has 8 heteroatoms. The molecule has 0 radical (unpaired) electrons. The van der Waals surface area contributed by atoms with Crippen LogP contribution in [0.4, 0.5) is 4.39 Å². The summed E-state index contributed by atoms with van der Waals surface area (Å²) in [5, 5.41) is 7.02. The minimum atomic E-state index is -0.429. The summed E-state index contributed by atoms with van der Waals surface area (Å²) in [7, 11) is 1.66. The number of nitrogens with zero attached hydrogens (tertiary/aromatic N) is 1. The Hall–Kier alpha value is -1.87. The van der Waals surface area contributed by atoms with Crippen LogP contribution in [0.3, 0.4) is 0 Å². The molecule has 1 atom stereocenters. The largest absolute Gasteiger partial charge is 0.369 e. The lowest BCUT2D eigenvalue weighted by atomic mass is 9.98. The fraction of sp³-hybridized carbons (Fsp3) is 0.300. The zero-order chi connectivity index (χ0) is 19.6. The molecule has 2 rings (SSSR count). The highest BCUT2D eigenvalue weighted by molar-refractivity contribution is 14.0. The van der Waals surface area contributed by atoms with Crippen LogP contribution >= 0.6 is 35.6 Å². The van der Waals surface area contributed by atoms with E-state index in [9.17, 15) is 9.18 Å². The molecule has 0 fully saturated rings. The summed E-state index contributed by atoms with van der Waals surface area (Å²) in [6, 6.07) is 13.7. The number of carbonyl (C=O) groups excluding carboxylic acids is 1. The molecule has 0 aliphatic heterocycles. The van der Waals surface area contributed by atoms with Gasteiger partial charge in [0.2, 0.25) is 5.91 Å². The second-order valence-electron chi connectivity index (χ2n) is 6.19. The number of aliphatic imine (C=N–C) groups is 1. The first kappa shape index (κ1) is 24.2. The monoisotopic (exact) mass is 518 g/mol. The van der Waals surface area contributed by atoms with Crippen LogP contribution in [0.5, 0.6) is 0 Å². The zero-order valence-electron chi connectivity index (χ0n) is 15.6. The van der Waals surface area contributed by atoms with Gasteiger partial charge in [0, 0.05) is 25.2 Å². The number of nitrogens with two attached hydrogens (primary N) is 1. The summed E-state index contributed by atoms with van der Waals surface area (Å²) < 4.78 is 13.0. The number of guanidine groups is 1. The Morgan fingerprint density at radius 3 is 2.50 bits per heavy atom. The van der Waals surface area contributed by atoms with Gasteiger partial charge in [0.05, 0.1) is 5.92 Å². The van der Waals surface area contributed by atoms with Gasteiger partial charge in [0.25, 0.3) is 0 Å². The maximum Gasteiger partial charge on any atom is 0.222 e. The molecule has 1 unspecified atom stereocenters. The van der Waals surface area contributed by atoms with Crippen LogP contribution in [0.1, 0.15) is 11.1 Å². The third-order valence-electron chi connectivity index (χ3n) is 4.13. The molecule has 4 N–H and O–H groups in total. The molecule has 0 spiro atoms. The molecule has 1 amide bonds. The highest BCUT2D eigenvalue weighted by atomic mass is 127. The van der Waals surface area contributed by atoms with E-state index >= 15 is 0 Å². The van der Waals surface area contributed by atoms with E-state index in [4.69, 9.17) is 17.3 Å². The fourth-order valence-electron chi connectivity index (χ4n) is 2.64. The van der Waals surface area contributed by atoms with Crippen LogP contribution in [-0.2, 0) is 17.6 Å². The Morgan fingerprint density at radius 2 is 1.89 bits per heavy atom. The van der Waals surface area contributed by atoms with Gasteiger partial charge in [-0.2, -0.15) is 0 Å². The van der Waals surface area contributed by atoms with Gasteiger partial charge >= 0.3 is 0 Å². The number of hydrogen-bond acceptors (Lipinski definition) is 2. The normalized spacial score (nSPS) is 12.0. The molecule has 0 saturated carbocycles. The quantitative estimate of drug-likeness (QED) is 0.285. The molecule has 0 saturated heterocycles. The predicted molar refractivity (Wildman–Crippen MR) is 123 cm³/mol. The maximum atomic E-state index is 13.0. The minimum Gasteiger partial charge on any atom is -0.369 e. The van der Waals surface area contributed by atoms with Crippen molar-refractivity contribution in [3.8, 4) is 0 Å². The molecule has 0 aromatic heterocycles. The van der Waals surface area contributed by atoms with Crippen molar-refractivity contribution in [2.45, 2.75) is 12.8 Å². The second-order valence-corrected chi connectivity index (χ2v) is 6.63. The number of halogens is 3. The zero-order valence-corrected chi connectivity index (χ0v) is 18.7. The summed E-state index contributed by atoms with van der Waals surface area (Å²) in [5.41, 5.74) is 7.48. The lowest BCUT2D eigenvalue weighted by Crippen LogP contribution is -2.43. The summed E-state index contributed by atoms with van der Waals surface area (Å²) in [6.45, 7) is 1.00. The summed E-state index contributed by atoms with van der Waals surface area (Å²) in [6.07, 6.45) is 1.22. The average molecular weight is 519 g/mol. The Morgan fingerprint density at radius 1 is 1.18 bits per heavy atom. The number of rotatable bonds is 8. The molecule has 0 aliphatic carbocycles. The van der Waals surface area contributed by atoms with E-state index in [0.29, 0.717) is 30.5 Å². The van der Waals surface area contributed by atoms with Crippen molar-refractivity contribution >= 4 is 47.4 Å². The van der Waals surface area contributed by atoms with E-state index in [2.05, 4.69) is 15.6 Å². The predicted octanol–water partition coefficient (Wildman–Crippen LogP) is 3.15. The first-order chi connectivity index (χ1) is 13.0. The SMILES string of the molecule is CN=C(NCCc1cccc(Cl)c1)NCC(Cc1ccc(F)cc1)C(N)=O.I. The van der Waals surface area contributed by atoms with Crippen LogP contribution < -0.4 is 16.4 Å². The van der Waals surface area contributed by atoms with Crippen LogP contribution in [0.2, 0.25) is 5.02 Å². The van der Waals surface area contributed by atoms with Crippen molar-refractivity contribution < 1.29 is 9.18 Å². The van der Waals surface area contributed by atoms with Crippen LogP contribution in [-0.4, -0.2) is 32.0 Å². The van der Waals surface area contributed by atoms with Gasteiger partial charge in [-0.3, -0.25) is 9.79 Å². The Balaban J connectivity index is 0.00000392. The van der Waals surface area contributed by atoms with E-state index in [-0.39, 0.29) is 29.8 Å². The van der Waals surface area contributed by atoms with Gasteiger partial charge in [0.15, 0.2) is 5.96 Å². The molecule has 0 heterocycles. The topological polar surface area (TPSA) is 79.5 Å². The Bertz CT molecular complexity index is 786. The fourth-order valence-corrected chi connectivity index (χ4v) is 2.85. The van der Waals surface area contributed by atoms with Crippen molar-refractivity contribution in [1.29, 1.82) is 0 Å². The van der Waals surface area contributed by atoms with Crippen molar-refractivity contribution in [1.82, 2.24) is 10.6 Å². The van der Waals surface area contributed by atoms with E-state index < -0.39 is 11.8 Å². The lowest BCUT2D eigenvalue weighted by Gasteiger charge is -2.17. The van der Waals surface area contributed by atoms with Crippen LogP contribution in [0.15, 0.2) is 53.5 Å². The van der Waals surface area contributed by atoms with Gasteiger partial charge in [-0.25, -0.2) is 4.39 Å². The van der Waals surface area contributed by atoms with Gasteiger partial charge in [-0.05, 0) is 48.2 Å². The molecule has 28 heavy (non-hydrogen) atoms. The van der Waals surface area contributed by atoms with Gasteiger partial charge in [-0.15, -0.1) is 24.0 Å². The van der Waals surface area contributed by atoms with Crippen molar-refractivity contribution in [2.75, 3.05) is 20.1 Å². The molecule has 5 nitrogen and oxygen atoms in total. The highest BCUT2D eigenvalue weighted by Gasteiger charge is 2.16.